The standard InChI is InChI=1S/C20H24N2O6/c1-5-15-16(23)18(27-11-12-6-8-13(24-2)9-7-12)17(28-15)14-10-21-20(26-4)22-19(14)25-3/h5-10,15-18,23H,1,11H2,2-4H3/t15-,16-,17+,18-/m1/s1. The molecule has 2 heterocycles. The zero-order valence-corrected chi connectivity index (χ0v) is 16.1. The molecule has 1 aliphatic heterocycles. The van der Waals surface area contributed by atoms with Crippen molar-refractivity contribution in [2.45, 2.75) is 31.0 Å². The molecule has 28 heavy (non-hydrogen) atoms. The van der Waals surface area contributed by atoms with E-state index in [0.29, 0.717) is 11.4 Å². The predicted octanol–water partition coefficient (Wildman–Crippen LogP) is 2.07. The highest BCUT2D eigenvalue weighted by atomic mass is 16.6. The Kier molecular flexibility index (Phi) is 6.45. The van der Waals surface area contributed by atoms with Gasteiger partial charge in [0.15, 0.2) is 0 Å². The monoisotopic (exact) mass is 388 g/mol. The average Bonchev–Trinajstić information content (AvgIpc) is 3.07. The van der Waals surface area contributed by atoms with Crippen molar-refractivity contribution in [2.24, 2.45) is 0 Å². The Bertz CT molecular complexity index is 798. The number of methoxy groups -OCH3 is 3. The van der Waals surface area contributed by atoms with Crippen molar-refractivity contribution in [3.63, 3.8) is 0 Å². The molecule has 1 fully saturated rings. The van der Waals surface area contributed by atoms with E-state index in [1.165, 1.54) is 14.2 Å². The third-order valence-electron chi connectivity index (χ3n) is 4.55. The molecule has 150 valence electrons. The summed E-state index contributed by atoms with van der Waals surface area (Å²) in [6, 6.07) is 7.68. The van der Waals surface area contributed by atoms with Gasteiger partial charge >= 0.3 is 6.01 Å². The number of aliphatic hydroxyl groups is 1. The third kappa shape index (κ3) is 4.09. The molecule has 1 saturated heterocycles. The fraction of sp³-hybridized carbons (Fsp3) is 0.400. The number of aliphatic hydroxyl groups excluding tert-OH is 1. The lowest BCUT2D eigenvalue weighted by Gasteiger charge is -2.22. The second kappa shape index (κ2) is 9.01. The predicted molar refractivity (Wildman–Crippen MR) is 101 cm³/mol. The summed E-state index contributed by atoms with van der Waals surface area (Å²) in [7, 11) is 4.58. The first-order valence-corrected chi connectivity index (χ1v) is 8.76. The van der Waals surface area contributed by atoms with E-state index in [4.69, 9.17) is 23.7 Å². The smallest absolute Gasteiger partial charge is 0.319 e. The van der Waals surface area contributed by atoms with Crippen LogP contribution < -0.4 is 14.2 Å². The Labute approximate surface area is 163 Å². The van der Waals surface area contributed by atoms with Crippen LogP contribution in [-0.4, -0.2) is 54.7 Å². The Balaban J connectivity index is 1.83. The van der Waals surface area contributed by atoms with Crippen molar-refractivity contribution in [2.75, 3.05) is 21.3 Å². The first kappa shape index (κ1) is 20.1. The van der Waals surface area contributed by atoms with Crippen LogP contribution in [0.3, 0.4) is 0 Å². The highest BCUT2D eigenvalue weighted by Crippen LogP contribution is 2.39. The van der Waals surface area contributed by atoms with Gasteiger partial charge in [-0.3, -0.25) is 0 Å². The van der Waals surface area contributed by atoms with Gasteiger partial charge in [-0.2, -0.15) is 4.98 Å². The van der Waals surface area contributed by atoms with Crippen LogP contribution >= 0.6 is 0 Å². The summed E-state index contributed by atoms with van der Waals surface area (Å²) >= 11 is 0. The van der Waals surface area contributed by atoms with Gasteiger partial charge in [0.1, 0.15) is 30.2 Å². The number of hydrogen-bond acceptors (Lipinski definition) is 8. The number of aromatic nitrogens is 2. The molecule has 0 radical (unpaired) electrons. The van der Waals surface area contributed by atoms with E-state index in [0.717, 1.165) is 11.3 Å². The van der Waals surface area contributed by atoms with Gasteiger partial charge in [-0.15, -0.1) is 6.58 Å². The second-order valence-electron chi connectivity index (χ2n) is 6.19. The number of hydrogen-bond donors (Lipinski definition) is 1. The normalized spacial score (nSPS) is 24.0. The van der Waals surface area contributed by atoms with E-state index in [-0.39, 0.29) is 12.6 Å². The number of rotatable bonds is 8. The van der Waals surface area contributed by atoms with Crippen LogP contribution in [0, 0.1) is 0 Å². The Morgan fingerprint density at radius 3 is 2.50 bits per heavy atom. The minimum atomic E-state index is -0.896. The third-order valence-corrected chi connectivity index (χ3v) is 4.55. The van der Waals surface area contributed by atoms with Crippen LogP contribution in [0.4, 0.5) is 0 Å². The van der Waals surface area contributed by atoms with Crippen molar-refractivity contribution in [3.8, 4) is 17.6 Å². The summed E-state index contributed by atoms with van der Waals surface area (Å²) in [6.07, 6.45) is 0.334. The summed E-state index contributed by atoms with van der Waals surface area (Å²) in [6.45, 7) is 4.01. The molecule has 8 nitrogen and oxygen atoms in total. The lowest BCUT2D eigenvalue weighted by atomic mass is 10.0. The molecule has 1 aromatic carbocycles. The molecule has 0 spiro atoms. The van der Waals surface area contributed by atoms with Gasteiger partial charge in [0, 0.05) is 6.20 Å². The summed E-state index contributed by atoms with van der Waals surface area (Å²) < 4.78 is 27.5. The summed E-state index contributed by atoms with van der Waals surface area (Å²) in [5, 5.41) is 10.7. The molecule has 8 heteroatoms. The lowest BCUT2D eigenvalue weighted by molar-refractivity contribution is -0.0480. The van der Waals surface area contributed by atoms with Crippen molar-refractivity contribution in [1.82, 2.24) is 9.97 Å². The fourth-order valence-electron chi connectivity index (χ4n) is 3.06. The van der Waals surface area contributed by atoms with Crippen molar-refractivity contribution >= 4 is 0 Å². The van der Waals surface area contributed by atoms with E-state index < -0.39 is 24.4 Å². The van der Waals surface area contributed by atoms with Gasteiger partial charge in [-0.05, 0) is 17.7 Å². The van der Waals surface area contributed by atoms with Crippen LogP contribution in [0.5, 0.6) is 17.6 Å². The van der Waals surface area contributed by atoms with E-state index in [1.54, 1.807) is 19.4 Å². The van der Waals surface area contributed by atoms with Crippen LogP contribution in [0.15, 0.2) is 43.1 Å². The summed E-state index contributed by atoms with van der Waals surface area (Å²) in [4.78, 5) is 8.32. The minimum absolute atomic E-state index is 0.176. The number of ether oxygens (including phenoxy) is 5. The molecule has 1 N–H and O–H groups in total. The number of nitrogens with zero attached hydrogens (tertiary/aromatic N) is 2. The van der Waals surface area contributed by atoms with E-state index in [1.807, 2.05) is 24.3 Å². The molecule has 0 amide bonds. The highest BCUT2D eigenvalue weighted by molar-refractivity contribution is 5.31. The first-order chi connectivity index (χ1) is 13.6. The van der Waals surface area contributed by atoms with Crippen LogP contribution in [-0.2, 0) is 16.1 Å². The lowest BCUT2D eigenvalue weighted by Crippen LogP contribution is -2.32. The van der Waals surface area contributed by atoms with Gasteiger partial charge < -0.3 is 28.8 Å². The Hall–Kier alpha value is -2.68. The maximum Gasteiger partial charge on any atom is 0.319 e. The summed E-state index contributed by atoms with van der Waals surface area (Å²) in [5.41, 5.74) is 1.50. The maximum absolute atomic E-state index is 10.7. The number of benzene rings is 1. The zero-order valence-electron chi connectivity index (χ0n) is 16.1. The van der Waals surface area contributed by atoms with Crippen molar-refractivity contribution in [1.29, 1.82) is 0 Å². The SMILES string of the molecule is C=C[C@H]1O[C@@H](c2cnc(OC)nc2OC)[C@H](OCc2ccc(OC)cc2)[C@@H]1O. The molecule has 0 unspecified atom stereocenters. The van der Waals surface area contributed by atoms with Gasteiger partial charge in [0.2, 0.25) is 5.88 Å². The second-order valence-corrected chi connectivity index (χ2v) is 6.19. The van der Waals surface area contributed by atoms with E-state index >= 15 is 0 Å². The topological polar surface area (TPSA) is 92.2 Å². The zero-order chi connectivity index (χ0) is 20.1. The molecule has 0 saturated carbocycles. The molecule has 3 rings (SSSR count). The van der Waals surface area contributed by atoms with Gasteiger partial charge in [-0.1, -0.05) is 18.2 Å². The maximum atomic E-state index is 10.7. The van der Waals surface area contributed by atoms with Crippen molar-refractivity contribution < 1.29 is 28.8 Å². The van der Waals surface area contributed by atoms with Crippen molar-refractivity contribution in [3.05, 3.63) is 54.2 Å². The largest absolute Gasteiger partial charge is 0.497 e. The molecule has 0 bridgehead atoms. The quantitative estimate of drug-likeness (QED) is 0.687. The van der Waals surface area contributed by atoms with Crippen LogP contribution in [0.2, 0.25) is 0 Å². The molecule has 0 aliphatic carbocycles. The highest BCUT2D eigenvalue weighted by Gasteiger charge is 2.45. The molecule has 4 atom stereocenters. The molecular formula is C20H24N2O6. The molecule has 1 aliphatic rings. The van der Waals surface area contributed by atoms with Crippen LogP contribution in [0.25, 0.3) is 0 Å². The fourth-order valence-corrected chi connectivity index (χ4v) is 3.06. The molecular weight excluding hydrogens is 364 g/mol. The Morgan fingerprint density at radius 2 is 1.89 bits per heavy atom. The molecule has 1 aromatic heterocycles. The Morgan fingerprint density at radius 1 is 1.14 bits per heavy atom. The molecule has 2 aromatic rings. The van der Waals surface area contributed by atoms with Gasteiger partial charge in [0.25, 0.3) is 0 Å². The average molecular weight is 388 g/mol. The van der Waals surface area contributed by atoms with Gasteiger partial charge in [-0.25, -0.2) is 4.98 Å². The van der Waals surface area contributed by atoms with Crippen LogP contribution in [0.1, 0.15) is 17.2 Å². The van der Waals surface area contributed by atoms with E-state index in [9.17, 15) is 5.11 Å². The minimum Gasteiger partial charge on any atom is -0.497 e. The van der Waals surface area contributed by atoms with Gasteiger partial charge in [0.05, 0.1) is 33.5 Å². The van der Waals surface area contributed by atoms with E-state index in [2.05, 4.69) is 16.5 Å². The summed E-state index contributed by atoms with van der Waals surface area (Å²) in [5.74, 6) is 1.06. The first-order valence-electron chi connectivity index (χ1n) is 8.76.